The zero-order chi connectivity index (χ0) is 12.7. The Labute approximate surface area is 104 Å². The van der Waals surface area contributed by atoms with E-state index in [0.717, 1.165) is 17.1 Å². The number of carbonyl (C=O) groups is 1. The number of carbonyl (C=O) groups excluding carboxylic acids is 1. The molecule has 0 bridgehead atoms. The molecule has 17 heavy (non-hydrogen) atoms. The molecule has 2 rings (SSSR count). The molecule has 5 nitrogen and oxygen atoms in total. The summed E-state index contributed by atoms with van der Waals surface area (Å²) in [6.45, 7) is 0.863. The van der Waals surface area contributed by atoms with Gasteiger partial charge in [-0.15, -0.1) is 0 Å². The predicted octanol–water partition coefficient (Wildman–Crippen LogP) is 1.27. The second-order valence-electron chi connectivity index (χ2n) is 3.18. The van der Waals surface area contributed by atoms with E-state index in [0.29, 0.717) is 13.3 Å². The SMILES string of the molecule is COCC(=O)Cl.NCc1ccc2c(c1)OCO2. The number of methoxy groups -OCH3 is 1. The van der Waals surface area contributed by atoms with Gasteiger partial charge < -0.3 is 19.9 Å². The molecule has 94 valence electrons. The molecule has 2 N–H and O–H groups in total. The average Bonchev–Trinajstić information content (AvgIpc) is 2.76. The molecule has 0 saturated carbocycles. The summed E-state index contributed by atoms with van der Waals surface area (Å²) in [6, 6.07) is 5.72. The highest BCUT2D eigenvalue weighted by atomic mass is 35.5. The van der Waals surface area contributed by atoms with E-state index in [-0.39, 0.29) is 6.61 Å². The summed E-state index contributed by atoms with van der Waals surface area (Å²) in [5.74, 6) is 1.61. The minimum absolute atomic E-state index is 0.00154. The number of halogens is 1. The van der Waals surface area contributed by atoms with Crippen LogP contribution in [0.2, 0.25) is 0 Å². The van der Waals surface area contributed by atoms with Gasteiger partial charge in [-0.1, -0.05) is 6.07 Å². The lowest BCUT2D eigenvalue weighted by Crippen LogP contribution is -1.95. The first kappa shape index (κ1) is 13.8. The van der Waals surface area contributed by atoms with Gasteiger partial charge in [0.2, 0.25) is 12.0 Å². The maximum atomic E-state index is 9.68. The van der Waals surface area contributed by atoms with Crippen LogP contribution < -0.4 is 15.2 Å². The highest BCUT2D eigenvalue weighted by molar-refractivity contribution is 6.63. The van der Waals surface area contributed by atoms with Gasteiger partial charge in [0, 0.05) is 13.7 Å². The first-order valence-electron chi connectivity index (χ1n) is 4.93. The normalized spacial score (nSPS) is 11.7. The van der Waals surface area contributed by atoms with E-state index >= 15 is 0 Å². The lowest BCUT2D eigenvalue weighted by Gasteiger charge is -1.97. The van der Waals surface area contributed by atoms with Crippen LogP contribution in [-0.4, -0.2) is 25.8 Å². The number of fused-ring (bicyclic) bond motifs is 1. The largest absolute Gasteiger partial charge is 0.454 e. The van der Waals surface area contributed by atoms with Crippen LogP contribution in [0.5, 0.6) is 11.5 Å². The lowest BCUT2D eigenvalue weighted by molar-refractivity contribution is -0.114. The third kappa shape index (κ3) is 4.60. The van der Waals surface area contributed by atoms with E-state index < -0.39 is 5.24 Å². The van der Waals surface area contributed by atoms with Gasteiger partial charge in [-0.3, -0.25) is 4.79 Å². The molecule has 0 atom stereocenters. The van der Waals surface area contributed by atoms with Gasteiger partial charge in [0.15, 0.2) is 11.5 Å². The van der Waals surface area contributed by atoms with Crippen LogP contribution in [0, 0.1) is 0 Å². The van der Waals surface area contributed by atoms with Crippen molar-refractivity contribution in [1.29, 1.82) is 0 Å². The molecule has 6 heteroatoms. The smallest absolute Gasteiger partial charge is 0.247 e. The van der Waals surface area contributed by atoms with E-state index in [2.05, 4.69) is 4.74 Å². The van der Waals surface area contributed by atoms with Crippen molar-refractivity contribution in [2.45, 2.75) is 6.54 Å². The molecular formula is C11H14ClNO4. The van der Waals surface area contributed by atoms with Gasteiger partial charge in [0.25, 0.3) is 0 Å². The second kappa shape index (κ2) is 7.11. The van der Waals surface area contributed by atoms with Gasteiger partial charge in [-0.25, -0.2) is 0 Å². The van der Waals surface area contributed by atoms with E-state index in [1.54, 1.807) is 0 Å². The Kier molecular flexibility index (Phi) is 5.76. The molecule has 0 amide bonds. The number of hydrogen-bond acceptors (Lipinski definition) is 5. The number of ether oxygens (including phenoxy) is 3. The van der Waals surface area contributed by atoms with Crippen LogP contribution in [0.15, 0.2) is 18.2 Å². The van der Waals surface area contributed by atoms with E-state index in [9.17, 15) is 4.79 Å². The van der Waals surface area contributed by atoms with Crippen molar-refractivity contribution in [2.75, 3.05) is 20.5 Å². The number of rotatable bonds is 3. The van der Waals surface area contributed by atoms with Crippen LogP contribution in [0.1, 0.15) is 5.56 Å². The molecule has 0 fully saturated rings. The zero-order valence-electron chi connectivity index (χ0n) is 9.44. The van der Waals surface area contributed by atoms with Gasteiger partial charge in [0.1, 0.15) is 6.61 Å². The first-order valence-corrected chi connectivity index (χ1v) is 5.31. The summed E-state index contributed by atoms with van der Waals surface area (Å²) in [6.07, 6.45) is 0. The van der Waals surface area contributed by atoms with Crippen molar-refractivity contribution in [3.05, 3.63) is 23.8 Å². The Balaban J connectivity index is 0.000000209. The van der Waals surface area contributed by atoms with Crippen molar-refractivity contribution in [3.8, 4) is 11.5 Å². The average molecular weight is 260 g/mol. The van der Waals surface area contributed by atoms with Crippen LogP contribution in [-0.2, 0) is 16.1 Å². The van der Waals surface area contributed by atoms with E-state index in [1.165, 1.54) is 7.11 Å². The molecule has 0 spiro atoms. The molecule has 0 unspecified atom stereocenters. The molecule has 1 aromatic carbocycles. The number of benzene rings is 1. The summed E-state index contributed by atoms with van der Waals surface area (Å²) in [7, 11) is 1.42. The van der Waals surface area contributed by atoms with Crippen molar-refractivity contribution < 1.29 is 19.0 Å². The second-order valence-corrected chi connectivity index (χ2v) is 3.60. The Morgan fingerprint density at radius 3 is 2.71 bits per heavy atom. The molecule has 0 aromatic heterocycles. The van der Waals surface area contributed by atoms with E-state index in [1.807, 2.05) is 18.2 Å². The Morgan fingerprint density at radius 2 is 2.18 bits per heavy atom. The van der Waals surface area contributed by atoms with Crippen LogP contribution in [0.3, 0.4) is 0 Å². The van der Waals surface area contributed by atoms with Crippen LogP contribution in [0.4, 0.5) is 0 Å². The monoisotopic (exact) mass is 259 g/mol. The van der Waals surface area contributed by atoms with Crippen molar-refractivity contribution >= 4 is 16.8 Å². The topological polar surface area (TPSA) is 70.8 Å². The molecule has 0 radical (unpaired) electrons. The molecule has 0 saturated heterocycles. The third-order valence-electron chi connectivity index (χ3n) is 1.93. The van der Waals surface area contributed by atoms with Crippen molar-refractivity contribution in [2.24, 2.45) is 5.73 Å². The van der Waals surface area contributed by atoms with Gasteiger partial charge in [-0.2, -0.15) is 0 Å². The Morgan fingerprint density at radius 1 is 1.47 bits per heavy atom. The summed E-state index contributed by atoms with van der Waals surface area (Å²) in [5.41, 5.74) is 6.51. The quantitative estimate of drug-likeness (QED) is 0.828. The predicted molar refractivity (Wildman–Crippen MR) is 63.2 cm³/mol. The molecule has 1 heterocycles. The van der Waals surface area contributed by atoms with E-state index in [4.69, 9.17) is 26.8 Å². The minimum atomic E-state index is -0.461. The highest BCUT2D eigenvalue weighted by Crippen LogP contribution is 2.32. The molecule has 1 aliphatic heterocycles. The Hall–Kier alpha value is -1.30. The number of nitrogens with two attached hydrogens (primary N) is 1. The zero-order valence-corrected chi connectivity index (χ0v) is 10.2. The molecule has 1 aliphatic rings. The fourth-order valence-electron chi connectivity index (χ4n) is 1.18. The molecule has 0 aliphatic carbocycles. The summed E-state index contributed by atoms with van der Waals surface area (Å²) >= 11 is 4.81. The lowest BCUT2D eigenvalue weighted by atomic mass is 10.2. The highest BCUT2D eigenvalue weighted by Gasteiger charge is 2.12. The summed E-state index contributed by atoms with van der Waals surface area (Å²) in [4.78, 5) is 9.68. The van der Waals surface area contributed by atoms with Gasteiger partial charge >= 0.3 is 0 Å². The third-order valence-corrected chi connectivity index (χ3v) is 2.04. The van der Waals surface area contributed by atoms with Gasteiger partial charge in [0.05, 0.1) is 0 Å². The maximum Gasteiger partial charge on any atom is 0.247 e. The van der Waals surface area contributed by atoms with Crippen LogP contribution in [0.25, 0.3) is 0 Å². The molecular weight excluding hydrogens is 246 g/mol. The van der Waals surface area contributed by atoms with Gasteiger partial charge in [-0.05, 0) is 29.3 Å². The Bertz CT molecular complexity index is 384. The summed E-state index contributed by atoms with van der Waals surface area (Å²) in [5, 5.41) is -0.461. The molecule has 1 aromatic rings. The number of hydrogen-bond donors (Lipinski definition) is 1. The maximum absolute atomic E-state index is 9.68. The minimum Gasteiger partial charge on any atom is -0.454 e. The fourth-order valence-corrected chi connectivity index (χ4v) is 1.29. The summed E-state index contributed by atoms with van der Waals surface area (Å²) < 4.78 is 14.6. The van der Waals surface area contributed by atoms with Crippen molar-refractivity contribution in [1.82, 2.24) is 0 Å². The fraction of sp³-hybridized carbons (Fsp3) is 0.364. The van der Waals surface area contributed by atoms with Crippen LogP contribution >= 0.6 is 11.6 Å². The first-order chi connectivity index (χ1) is 8.17. The van der Waals surface area contributed by atoms with Crippen molar-refractivity contribution in [3.63, 3.8) is 0 Å². The standard InChI is InChI=1S/C8H9NO2.C3H5ClO2/c9-4-6-1-2-7-8(3-6)11-5-10-7;1-6-2-3(4)5/h1-3H,4-5,9H2;2H2,1H3.